The first kappa shape index (κ1) is 19.1. The zero-order chi connectivity index (χ0) is 20.5. The highest BCUT2D eigenvalue weighted by Crippen LogP contribution is 2.34. The molecule has 1 N–H and O–H groups in total. The van der Waals surface area contributed by atoms with Crippen LogP contribution in [0.1, 0.15) is 40.9 Å². The Bertz CT molecular complexity index is 1200. The Hall–Kier alpha value is -2.92. The van der Waals surface area contributed by atoms with Crippen molar-refractivity contribution < 1.29 is 0 Å². The maximum atomic E-state index is 6.22. The van der Waals surface area contributed by atoms with Gasteiger partial charge in [-0.05, 0) is 61.9 Å². The number of aromatic nitrogens is 4. The minimum atomic E-state index is 0.627. The van der Waals surface area contributed by atoms with E-state index in [0.717, 1.165) is 41.0 Å². The van der Waals surface area contributed by atoms with Gasteiger partial charge in [-0.1, -0.05) is 46.6 Å². The second-order valence-corrected chi connectivity index (χ2v) is 8.46. The Kier molecular flexibility index (Phi) is 5.13. The predicted molar refractivity (Wildman–Crippen MR) is 121 cm³/mol. The molecule has 2 heterocycles. The van der Waals surface area contributed by atoms with Crippen LogP contribution < -0.4 is 5.32 Å². The summed E-state index contributed by atoms with van der Waals surface area (Å²) in [5.74, 6) is 0. The molecular weight excluding hydrogens is 394 g/mol. The maximum Gasteiger partial charge on any atom is 0.102 e. The first-order chi connectivity index (χ1) is 14.7. The molecule has 0 unspecified atom stereocenters. The van der Waals surface area contributed by atoms with Crippen molar-refractivity contribution in [3.8, 4) is 0 Å². The summed E-state index contributed by atoms with van der Waals surface area (Å²) in [4.78, 5) is 4.89. The number of anilines is 1. The lowest BCUT2D eigenvalue weighted by atomic mass is 9.92. The summed E-state index contributed by atoms with van der Waals surface area (Å²) in [6.45, 7) is 3.44. The molecule has 1 aliphatic carbocycles. The molecule has 0 atom stereocenters. The first-order valence-electron chi connectivity index (χ1n) is 10.5. The predicted octanol–water partition coefficient (Wildman–Crippen LogP) is 5.33. The zero-order valence-corrected chi connectivity index (χ0v) is 17.8. The number of halogens is 1. The lowest BCUT2D eigenvalue weighted by Crippen LogP contribution is -2.11. The van der Waals surface area contributed by atoms with Crippen molar-refractivity contribution in [3.05, 3.63) is 81.8 Å². The average Bonchev–Trinajstić information content (AvgIpc) is 3.20. The minimum Gasteiger partial charge on any atom is -0.378 e. The van der Waals surface area contributed by atoms with Crippen LogP contribution in [0.2, 0.25) is 5.02 Å². The molecule has 0 aliphatic heterocycles. The summed E-state index contributed by atoms with van der Waals surface area (Å²) >= 11 is 6.22. The number of aryl methyl sites for hydroxylation is 2. The third-order valence-electron chi connectivity index (χ3n) is 5.72. The van der Waals surface area contributed by atoms with Crippen molar-refractivity contribution in [3.63, 3.8) is 0 Å². The molecule has 0 fully saturated rings. The van der Waals surface area contributed by atoms with Crippen molar-refractivity contribution in [1.29, 1.82) is 0 Å². The van der Waals surface area contributed by atoms with Gasteiger partial charge in [-0.15, -0.1) is 5.10 Å². The number of fused-ring (bicyclic) bond motifs is 2. The second-order valence-electron chi connectivity index (χ2n) is 8.03. The van der Waals surface area contributed by atoms with Crippen molar-refractivity contribution in [2.45, 2.75) is 45.7 Å². The third kappa shape index (κ3) is 3.90. The van der Waals surface area contributed by atoms with Crippen LogP contribution in [0.25, 0.3) is 10.9 Å². The highest BCUT2D eigenvalue weighted by molar-refractivity contribution is 6.31. The Labute approximate surface area is 181 Å². The summed E-state index contributed by atoms with van der Waals surface area (Å²) in [6.07, 6.45) is 6.50. The van der Waals surface area contributed by atoms with Gasteiger partial charge in [-0.3, -0.25) is 4.98 Å². The van der Waals surface area contributed by atoms with Crippen molar-refractivity contribution in [1.82, 2.24) is 20.0 Å². The monoisotopic (exact) mass is 417 g/mol. The fraction of sp³-hybridized carbons (Fsp3) is 0.292. The Morgan fingerprint density at radius 1 is 1.07 bits per heavy atom. The van der Waals surface area contributed by atoms with E-state index in [1.165, 1.54) is 40.9 Å². The molecular formula is C24H24ClN5. The number of nitrogens with one attached hydrogen (secondary N) is 1. The average molecular weight is 418 g/mol. The molecule has 5 nitrogen and oxygen atoms in total. The molecule has 2 aromatic carbocycles. The van der Waals surface area contributed by atoms with E-state index >= 15 is 0 Å². The summed E-state index contributed by atoms with van der Waals surface area (Å²) in [5.41, 5.74) is 8.05. The fourth-order valence-electron chi connectivity index (χ4n) is 4.16. The van der Waals surface area contributed by atoms with Crippen LogP contribution in [0.5, 0.6) is 0 Å². The van der Waals surface area contributed by atoms with E-state index in [4.69, 9.17) is 16.6 Å². The van der Waals surface area contributed by atoms with Gasteiger partial charge in [0, 0.05) is 21.8 Å². The highest BCUT2D eigenvalue weighted by Gasteiger charge is 2.18. The molecule has 30 heavy (non-hydrogen) atoms. The lowest BCUT2D eigenvalue weighted by Gasteiger charge is -2.21. The van der Waals surface area contributed by atoms with Gasteiger partial charge in [-0.25, -0.2) is 4.68 Å². The van der Waals surface area contributed by atoms with Gasteiger partial charge >= 0.3 is 0 Å². The summed E-state index contributed by atoms with van der Waals surface area (Å²) in [6, 6.07) is 14.5. The Morgan fingerprint density at radius 3 is 2.77 bits per heavy atom. The number of benzene rings is 2. The van der Waals surface area contributed by atoms with Crippen molar-refractivity contribution in [2.75, 3.05) is 5.32 Å². The molecule has 0 amide bonds. The van der Waals surface area contributed by atoms with Crippen LogP contribution in [0, 0.1) is 6.92 Å². The molecule has 152 valence electrons. The van der Waals surface area contributed by atoms with Crippen LogP contribution in [-0.2, 0) is 25.9 Å². The van der Waals surface area contributed by atoms with E-state index in [2.05, 4.69) is 52.9 Å². The number of nitrogens with zero attached hydrogens (tertiary/aromatic N) is 4. The molecule has 0 radical (unpaired) electrons. The number of pyridine rings is 1. The Morgan fingerprint density at radius 2 is 1.90 bits per heavy atom. The molecule has 0 spiro atoms. The summed E-state index contributed by atoms with van der Waals surface area (Å²) in [5, 5.41) is 14.1. The third-order valence-corrected chi connectivity index (χ3v) is 5.96. The Balaban J connectivity index is 1.39. The highest BCUT2D eigenvalue weighted by atomic mass is 35.5. The summed E-state index contributed by atoms with van der Waals surface area (Å²) in [7, 11) is 0. The fourth-order valence-corrected chi connectivity index (χ4v) is 4.32. The summed E-state index contributed by atoms with van der Waals surface area (Å²) < 4.78 is 1.89. The first-order valence-corrected chi connectivity index (χ1v) is 10.8. The van der Waals surface area contributed by atoms with Gasteiger partial charge in [0.25, 0.3) is 0 Å². The van der Waals surface area contributed by atoms with E-state index in [0.29, 0.717) is 6.54 Å². The smallest absolute Gasteiger partial charge is 0.102 e. The van der Waals surface area contributed by atoms with Crippen LogP contribution >= 0.6 is 11.6 Å². The molecule has 5 rings (SSSR count). The van der Waals surface area contributed by atoms with E-state index in [9.17, 15) is 0 Å². The molecule has 1 aliphatic rings. The second kappa shape index (κ2) is 8.07. The van der Waals surface area contributed by atoms with Gasteiger partial charge in [0.1, 0.15) is 5.69 Å². The topological polar surface area (TPSA) is 55.6 Å². The van der Waals surface area contributed by atoms with Crippen LogP contribution in [-0.4, -0.2) is 20.0 Å². The normalized spacial score (nSPS) is 13.4. The van der Waals surface area contributed by atoms with Crippen molar-refractivity contribution >= 4 is 28.2 Å². The minimum absolute atomic E-state index is 0.627. The number of rotatable bonds is 5. The largest absolute Gasteiger partial charge is 0.378 e. The number of hydrogen-bond donors (Lipinski definition) is 1. The molecule has 6 heteroatoms. The van der Waals surface area contributed by atoms with Crippen molar-refractivity contribution in [2.24, 2.45) is 0 Å². The maximum absolute atomic E-state index is 6.22. The van der Waals surface area contributed by atoms with Gasteiger partial charge in [0.05, 0.1) is 24.8 Å². The molecule has 0 saturated heterocycles. The van der Waals surface area contributed by atoms with E-state index in [1.54, 1.807) is 0 Å². The van der Waals surface area contributed by atoms with Gasteiger partial charge in [-0.2, -0.15) is 0 Å². The molecule has 0 saturated carbocycles. The molecule has 0 bridgehead atoms. The van der Waals surface area contributed by atoms with Crippen LogP contribution in [0.15, 0.2) is 48.7 Å². The molecule has 4 aromatic rings. The zero-order valence-electron chi connectivity index (χ0n) is 17.0. The van der Waals surface area contributed by atoms with Crippen LogP contribution in [0.3, 0.4) is 0 Å². The quantitative estimate of drug-likeness (QED) is 0.477. The lowest BCUT2D eigenvalue weighted by molar-refractivity contribution is 0.649. The SMILES string of the molecule is Cc1ccc(Cn2cc(CNc3c4c(nc5cc(Cl)ccc35)CCCC4)nn2)cc1. The van der Waals surface area contributed by atoms with E-state index in [-0.39, 0.29) is 0 Å². The molecule has 2 aromatic heterocycles. The van der Waals surface area contributed by atoms with E-state index < -0.39 is 0 Å². The van der Waals surface area contributed by atoms with Crippen LogP contribution in [0.4, 0.5) is 5.69 Å². The van der Waals surface area contributed by atoms with E-state index in [1.807, 2.05) is 23.0 Å². The number of hydrogen-bond acceptors (Lipinski definition) is 4. The van der Waals surface area contributed by atoms with Gasteiger partial charge in [0.15, 0.2) is 0 Å². The standard InChI is InChI=1S/C24H24ClN5/c1-16-6-8-17(9-7-16)14-30-15-19(28-29-30)13-26-24-20-4-2-3-5-22(20)27-23-12-18(25)10-11-21(23)24/h6-12,15H,2-5,13-14H2,1H3,(H,26,27). The van der Waals surface area contributed by atoms with Gasteiger partial charge < -0.3 is 5.32 Å². The van der Waals surface area contributed by atoms with Gasteiger partial charge in [0.2, 0.25) is 0 Å².